The molecule has 0 spiro atoms. The van der Waals surface area contributed by atoms with Gasteiger partial charge in [0.05, 0.1) is 0 Å². The second kappa shape index (κ2) is 9.79. The summed E-state index contributed by atoms with van der Waals surface area (Å²) in [5.41, 5.74) is 1.35. The molecule has 0 saturated carbocycles. The van der Waals surface area contributed by atoms with Crippen molar-refractivity contribution in [2.75, 3.05) is 19.3 Å². The molecule has 4 rings (SSSR count). The monoisotopic (exact) mass is 445 g/mol. The van der Waals surface area contributed by atoms with Crippen molar-refractivity contribution in [3.05, 3.63) is 127 Å². The predicted molar refractivity (Wildman–Crippen MR) is 139 cm³/mol. The van der Waals surface area contributed by atoms with Gasteiger partial charge in [-0.25, -0.2) is 0 Å². The van der Waals surface area contributed by atoms with E-state index in [0.29, 0.717) is 0 Å². The Morgan fingerprint density at radius 3 is 1.32 bits per heavy atom. The summed E-state index contributed by atoms with van der Waals surface area (Å²) in [6.07, 6.45) is 1.88. The van der Waals surface area contributed by atoms with Gasteiger partial charge in [-0.2, -0.15) is 0 Å². The maximum atomic E-state index is 8.06. The minimum absolute atomic E-state index is 0.854. The van der Waals surface area contributed by atoms with E-state index in [0.717, 1.165) is 25.7 Å². The van der Waals surface area contributed by atoms with Crippen LogP contribution in [0.4, 0.5) is 0 Å². The van der Waals surface area contributed by atoms with Crippen LogP contribution in [0.1, 0.15) is 5.56 Å². The summed E-state index contributed by atoms with van der Waals surface area (Å²) in [7, 11) is 0. The van der Waals surface area contributed by atoms with Crippen LogP contribution in [0.15, 0.2) is 121 Å². The van der Waals surface area contributed by atoms with E-state index in [2.05, 4.69) is 127 Å². The Morgan fingerprint density at radius 2 is 0.903 bits per heavy atom. The molecular weight excluding hydrogens is 417 g/mol. The predicted octanol–water partition coefficient (Wildman–Crippen LogP) is 5.50. The summed E-state index contributed by atoms with van der Waals surface area (Å²) < 4.78 is 0. The topological polar surface area (TPSA) is 12.0 Å². The number of nitrogens with one attached hydrogen (secondary N) is 1. The Labute approximate surface area is 190 Å². The van der Waals surface area contributed by atoms with Gasteiger partial charge in [-0.05, 0) is 0 Å². The molecule has 1 nitrogen and oxygen atoms in total. The molecule has 0 heterocycles. The van der Waals surface area contributed by atoms with Gasteiger partial charge >= 0.3 is 191 Å². The zero-order valence-corrected chi connectivity index (χ0v) is 19.4. The average molecular weight is 446 g/mol. The van der Waals surface area contributed by atoms with Crippen LogP contribution < -0.4 is 21.2 Å². The third-order valence-corrected chi connectivity index (χ3v) is 13.5. The second-order valence-electron chi connectivity index (χ2n) is 7.90. The minimum atomic E-state index is -3.16. The van der Waals surface area contributed by atoms with Crippen LogP contribution in [0.2, 0.25) is 0 Å². The summed E-state index contributed by atoms with van der Waals surface area (Å²) >= 11 is 8.06. The van der Waals surface area contributed by atoms with E-state index in [1.165, 1.54) is 21.5 Å². The molecule has 0 saturated heterocycles. The Bertz CT molecular complexity index is 970. The first-order chi connectivity index (χ1) is 15.2. The maximum absolute atomic E-state index is 8.06. The molecule has 158 valence electrons. The van der Waals surface area contributed by atoms with E-state index < -0.39 is 5.96 Å². The van der Waals surface area contributed by atoms with Gasteiger partial charge in [-0.15, -0.1) is 0 Å². The van der Waals surface area contributed by atoms with Crippen molar-refractivity contribution in [2.24, 2.45) is 0 Å². The molecule has 0 aromatic heterocycles. The van der Waals surface area contributed by atoms with Gasteiger partial charge in [-0.3, -0.25) is 0 Å². The molecule has 0 aliphatic rings. The number of benzene rings is 4. The Balaban J connectivity index is 1.69. The zero-order chi connectivity index (χ0) is 21.4. The van der Waals surface area contributed by atoms with Crippen molar-refractivity contribution >= 4 is 33.1 Å². The van der Waals surface area contributed by atoms with Crippen LogP contribution in [0.3, 0.4) is 0 Å². The molecule has 0 unspecified atom stereocenters. The quantitative estimate of drug-likeness (QED) is 0.265. The van der Waals surface area contributed by atoms with Crippen LogP contribution in [0, 0.1) is 0 Å². The van der Waals surface area contributed by atoms with Crippen LogP contribution in [0.25, 0.3) is 0 Å². The summed E-state index contributed by atoms with van der Waals surface area (Å²) in [4.78, 5) is 0. The van der Waals surface area contributed by atoms with Crippen molar-refractivity contribution < 1.29 is 0 Å². The standard InChI is InChI=1S/C28H29ClNP/c29-31(26-15-7-2-8-16-26,27-17-9-3-10-18-27,28-19-11-4-12-20-28)24-23-30-22-21-25-13-5-1-6-14-25/h1-20,30H,21-24H2. The summed E-state index contributed by atoms with van der Waals surface area (Å²) in [5.74, 6) is -3.16. The van der Waals surface area contributed by atoms with Gasteiger partial charge in [0.1, 0.15) is 0 Å². The summed E-state index contributed by atoms with van der Waals surface area (Å²) in [6.45, 7) is 1.79. The van der Waals surface area contributed by atoms with Crippen molar-refractivity contribution in [3.63, 3.8) is 0 Å². The Morgan fingerprint density at radius 1 is 0.516 bits per heavy atom. The average Bonchev–Trinajstić information content (AvgIpc) is 2.86. The van der Waals surface area contributed by atoms with Crippen LogP contribution in [-0.4, -0.2) is 19.3 Å². The third kappa shape index (κ3) is 4.46. The molecular formula is C28H29ClNP. The normalized spacial score (nSPS) is 12.7. The van der Waals surface area contributed by atoms with Crippen LogP contribution >= 0.6 is 17.2 Å². The fraction of sp³-hybridized carbons (Fsp3) is 0.143. The first kappa shape index (κ1) is 21.8. The van der Waals surface area contributed by atoms with Gasteiger partial charge in [0.2, 0.25) is 0 Å². The molecule has 0 aliphatic heterocycles. The van der Waals surface area contributed by atoms with Gasteiger partial charge in [0.25, 0.3) is 0 Å². The van der Waals surface area contributed by atoms with E-state index in [1.54, 1.807) is 0 Å². The van der Waals surface area contributed by atoms with E-state index in [1.807, 2.05) is 0 Å². The summed E-state index contributed by atoms with van der Waals surface area (Å²) in [5, 5.41) is 7.33. The van der Waals surface area contributed by atoms with E-state index in [9.17, 15) is 0 Å². The fourth-order valence-electron chi connectivity index (χ4n) is 4.34. The molecule has 0 bridgehead atoms. The molecule has 0 fully saturated rings. The number of rotatable bonds is 9. The van der Waals surface area contributed by atoms with E-state index in [-0.39, 0.29) is 0 Å². The van der Waals surface area contributed by atoms with Crippen LogP contribution in [-0.2, 0) is 6.42 Å². The van der Waals surface area contributed by atoms with Crippen molar-refractivity contribution in [2.45, 2.75) is 6.42 Å². The zero-order valence-electron chi connectivity index (χ0n) is 17.7. The number of hydrogen-bond acceptors (Lipinski definition) is 1. The molecule has 1 N–H and O–H groups in total. The van der Waals surface area contributed by atoms with Crippen LogP contribution in [0.5, 0.6) is 0 Å². The van der Waals surface area contributed by atoms with Crippen molar-refractivity contribution in [3.8, 4) is 0 Å². The van der Waals surface area contributed by atoms with E-state index in [4.69, 9.17) is 11.2 Å². The Hall–Kier alpha value is -2.44. The molecule has 0 amide bonds. The molecule has 4 aromatic carbocycles. The second-order valence-corrected chi connectivity index (χ2v) is 14.5. The van der Waals surface area contributed by atoms with Gasteiger partial charge < -0.3 is 0 Å². The van der Waals surface area contributed by atoms with Crippen molar-refractivity contribution in [1.29, 1.82) is 0 Å². The Kier molecular flexibility index (Phi) is 6.88. The van der Waals surface area contributed by atoms with Gasteiger partial charge in [0, 0.05) is 0 Å². The molecule has 0 aliphatic carbocycles. The first-order valence-corrected chi connectivity index (χ1v) is 14.2. The SMILES string of the molecule is ClP(CCNCCc1ccccc1)(c1ccccc1)(c1ccccc1)c1ccccc1. The third-order valence-electron chi connectivity index (χ3n) is 6.03. The molecule has 3 heteroatoms. The van der Waals surface area contributed by atoms with Crippen molar-refractivity contribution in [1.82, 2.24) is 5.32 Å². The fourth-order valence-corrected chi connectivity index (χ4v) is 10.2. The molecule has 0 atom stereocenters. The molecule has 31 heavy (non-hydrogen) atoms. The van der Waals surface area contributed by atoms with E-state index >= 15 is 0 Å². The molecule has 0 radical (unpaired) electrons. The number of hydrogen-bond donors (Lipinski definition) is 1. The number of halogens is 1. The van der Waals surface area contributed by atoms with Gasteiger partial charge in [-0.1, -0.05) is 0 Å². The summed E-state index contributed by atoms with van der Waals surface area (Å²) in [6, 6.07) is 42.7. The van der Waals surface area contributed by atoms with Gasteiger partial charge in [0.15, 0.2) is 0 Å². The molecule has 4 aromatic rings. The first-order valence-electron chi connectivity index (χ1n) is 10.9.